The largest absolute Gasteiger partial charge is 0.383 e. The van der Waals surface area contributed by atoms with Gasteiger partial charge in [0.1, 0.15) is 0 Å². The van der Waals surface area contributed by atoms with E-state index in [1.807, 2.05) is 24.9 Å². The zero-order valence-corrected chi connectivity index (χ0v) is 11.5. The van der Waals surface area contributed by atoms with E-state index in [1.165, 1.54) is 0 Å². The molecule has 1 atom stereocenters. The fourth-order valence-electron chi connectivity index (χ4n) is 1.50. The summed E-state index contributed by atoms with van der Waals surface area (Å²) in [6, 6.07) is 8.58. The monoisotopic (exact) mass is 261 g/mol. The number of anilines is 1. The summed E-state index contributed by atoms with van der Waals surface area (Å²) in [5.41, 5.74) is 1.26. The number of likely N-dealkylation sites (N-methyl/N-ethyl adjacent to an activating group) is 1. The van der Waals surface area contributed by atoms with Crippen molar-refractivity contribution in [2.45, 2.75) is 13.0 Å². The van der Waals surface area contributed by atoms with Crippen LogP contribution in [0, 0.1) is 11.3 Å². The van der Waals surface area contributed by atoms with Crippen molar-refractivity contribution >= 4 is 11.6 Å². The molecule has 1 amide bonds. The maximum atomic E-state index is 12.0. The van der Waals surface area contributed by atoms with Crippen molar-refractivity contribution in [3.05, 3.63) is 29.8 Å². The molecule has 1 unspecified atom stereocenters. The highest BCUT2D eigenvalue weighted by Crippen LogP contribution is 2.10. The van der Waals surface area contributed by atoms with Gasteiger partial charge in [0.15, 0.2) is 0 Å². The fraction of sp³-hybridized carbons (Fsp3) is 0.429. The van der Waals surface area contributed by atoms with Gasteiger partial charge in [-0.15, -0.1) is 0 Å². The first-order chi connectivity index (χ1) is 9.08. The van der Waals surface area contributed by atoms with Gasteiger partial charge < -0.3 is 10.1 Å². The zero-order valence-electron chi connectivity index (χ0n) is 11.5. The van der Waals surface area contributed by atoms with Crippen LogP contribution in [0.2, 0.25) is 0 Å². The van der Waals surface area contributed by atoms with Gasteiger partial charge in [-0.2, -0.15) is 5.26 Å². The normalized spacial score (nSPS) is 11.9. The van der Waals surface area contributed by atoms with Crippen LogP contribution < -0.4 is 5.32 Å². The molecule has 1 aromatic rings. The Morgan fingerprint density at radius 2 is 2.11 bits per heavy atom. The number of carbonyl (C=O) groups excluding carboxylic acids is 1. The predicted octanol–water partition coefficient (Wildman–Crippen LogP) is 1.46. The maximum absolute atomic E-state index is 12.0. The lowest BCUT2D eigenvalue weighted by Crippen LogP contribution is -2.41. The molecule has 5 nitrogen and oxygen atoms in total. The number of nitriles is 1. The molecule has 0 bridgehead atoms. The van der Waals surface area contributed by atoms with Crippen LogP contribution in [-0.4, -0.2) is 44.2 Å². The number of ether oxygens (including phenoxy) is 1. The number of methoxy groups -OCH3 is 1. The Hall–Kier alpha value is -1.90. The van der Waals surface area contributed by atoms with Crippen LogP contribution in [-0.2, 0) is 9.53 Å². The molecular formula is C14H19N3O2. The molecule has 5 heteroatoms. The van der Waals surface area contributed by atoms with Crippen LogP contribution in [0.25, 0.3) is 0 Å². The van der Waals surface area contributed by atoms with Gasteiger partial charge >= 0.3 is 0 Å². The van der Waals surface area contributed by atoms with E-state index in [0.29, 0.717) is 24.4 Å². The molecule has 1 rings (SSSR count). The molecule has 102 valence electrons. The van der Waals surface area contributed by atoms with E-state index >= 15 is 0 Å². The molecule has 0 saturated carbocycles. The lowest BCUT2D eigenvalue weighted by atomic mass is 10.2. The minimum Gasteiger partial charge on any atom is -0.383 e. The van der Waals surface area contributed by atoms with Gasteiger partial charge in [0.2, 0.25) is 5.91 Å². The summed E-state index contributed by atoms with van der Waals surface area (Å²) in [6.07, 6.45) is 0. The lowest BCUT2D eigenvalue weighted by molar-refractivity contribution is -0.120. The number of benzene rings is 1. The highest BCUT2D eigenvalue weighted by Gasteiger charge is 2.17. The third-order valence-electron chi connectivity index (χ3n) is 2.97. The molecule has 1 aromatic carbocycles. The molecule has 19 heavy (non-hydrogen) atoms. The third-order valence-corrected chi connectivity index (χ3v) is 2.97. The first kappa shape index (κ1) is 15.2. The average Bonchev–Trinajstić information content (AvgIpc) is 2.44. The molecule has 0 fully saturated rings. The zero-order chi connectivity index (χ0) is 14.3. The molecule has 0 heterocycles. The van der Waals surface area contributed by atoms with Crippen LogP contribution in [0.15, 0.2) is 24.3 Å². The number of rotatable bonds is 6. The molecular weight excluding hydrogens is 242 g/mol. The Morgan fingerprint density at radius 3 is 2.63 bits per heavy atom. The second kappa shape index (κ2) is 7.52. The summed E-state index contributed by atoms with van der Waals surface area (Å²) in [5.74, 6) is -0.0803. The van der Waals surface area contributed by atoms with Crippen LogP contribution in [0.5, 0.6) is 0 Å². The Labute approximate surface area is 113 Å². The molecule has 0 radical (unpaired) electrons. The van der Waals surface area contributed by atoms with Gasteiger partial charge in [0.25, 0.3) is 0 Å². The molecule has 0 aromatic heterocycles. The molecule has 0 aliphatic carbocycles. The van der Waals surface area contributed by atoms with Crippen LogP contribution in [0.1, 0.15) is 12.5 Å². The summed E-state index contributed by atoms with van der Waals surface area (Å²) in [4.78, 5) is 13.9. The highest BCUT2D eigenvalue weighted by molar-refractivity contribution is 5.94. The number of amides is 1. The fourth-order valence-corrected chi connectivity index (χ4v) is 1.50. The minimum atomic E-state index is -0.245. The number of nitrogens with zero attached hydrogens (tertiary/aromatic N) is 2. The summed E-state index contributed by atoms with van der Waals surface area (Å²) in [7, 11) is 3.51. The van der Waals surface area contributed by atoms with Gasteiger partial charge in [0, 0.05) is 19.3 Å². The van der Waals surface area contributed by atoms with Crippen molar-refractivity contribution in [2.75, 3.05) is 32.6 Å². The topological polar surface area (TPSA) is 65.4 Å². The highest BCUT2D eigenvalue weighted by atomic mass is 16.5. The molecule has 0 saturated heterocycles. The van der Waals surface area contributed by atoms with Crippen molar-refractivity contribution in [3.63, 3.8) is 0 Å². The first-order valence-electron chi connectivity index (χ1n) is 6.08. The van der Waals surface area contributed by atoms with E-state index in [-0.39, 0.29) is 11.9 Å². The number of nitrogens with one attached hydrogen (secondary N) is 1. The van der Waals surface area contributed by atoms with Crippen molar-refractivity contribution < 1.29 is 9.53 Å². The van der Waals surface area contributed by atoms with E-state index < -0.39 is 0 Å². The van der Waals surface area contributed by atoms with Crippen LogP contribution in [0.3, 0.4) is 0 Å². The van der Waals surface area contributed by atoms with Gasteiger partial charge in [-0.3, -0.25) is 9.69 Å². The number of carbonyl (C=O) groups is 1. The van der Waals surface area contributed by atoms with E-state index in [9.17, 15) is 4.79 Å². The Bertz CT molecular complexity index is 451. The second-order valence-electron chi connectivity index (χ2n) is 4.33. The predicted molar refractivity (Wildman–Crippen MR) is 73.8 cm³/mol. The van der Waals surface area contributed by atoms with Gasteiger partial charge in [-0.05, 0) is 38.2 Å². The van der Waals surface area contributed by atoms with Crippen molar-refractivity contribution in [1.82, 2.24) is 4.90 Å². The van der Waals surface area contributed by atoms with E-state index in [2.05, 4.69) is 5.32 Å². The second-order valence-corrected chi connectivity index (χ2v) is 4.33. The van der Waals surface area contributed by atoms with Gasteiger partial charge in [-0.1, -0.05) is 0 Å². The quantitative estimate of drug-likeness (QED) is 0.842. The third kappa shape index (κ3) is 4.70. The van der Waals surface area contributed by atoms with Gasteiger partial charge in [0.05, 0.1) is 24.3 Å². The van der Waals surface area contributed by atoms with Crippen molar-refractivity contribution in [2.24, 2.45) is 0 Å². The van der Waals surface area contributed by atoms with Crippen molar-refractivity contribution in [3.8, 4) is 6.07 Å². The lowest BCUT2D eigenvalue weighted by Gasteiger charge is -2.23. The Balaban J connectivity index is 2.55. The molecule has 1 N–H and O–H groups in total. The molecule has 0 aliphatic heterocycles. The summed E-state index contributed by atoms with van der Waals surface area (Å²) in [6.45, 7) is 3.12. The smallest absolute Gasteiger partial charge is 0.241 e. The van der Waals surface area contributed by atoms with Crippen LogP contribution in [0.4, 0.5) is 5.69 Å². The Morgan fingerprint density at radius 1 is 1.47 bits per heavy atom. The summed E-state index contributed by atoms with van der Waals surface area (Å²) < 4.78 is 4.98. The minimum absolute atomic E-state index is 0.0803. The summed E-state index contributed by atoms with van der Waals surface area (Å²) in [5, 5.41) is 11.5. The van der Waals surface area contributed by atoms with E-state index in [0.717, 1.165) is 0 Å². The SMILES string of the molecule is COCCN(C)C(C)C(=O)Nc1ccc(C#N)cc1. The molecule has 0 spiro atoms. The van der Waals surface area contributed by atoms with E-state index in [4.69, 9.17) is 10.00 Å². The number of hydrogen-bond acceptors (Lipinski definition) is 4. The van der Waals surface area contributed by atoms with Gasteiger partial charge in [-0.25, -0.2) is 0 Å². The average molecular weight is 261 g/mol. The van der Waals surface area contributed by atoms with E-state index in [1.54, 1.807) is 31.4 Å². The summed E-state index contributed by atoms with van der Waals surface area (Å²) >= 11 is 0. The van der Waals surface area contributed by atoms with Crippen molar-refractivity contribution in [1.29, 1.82) is 5.26 Å². The number of hydrogen-bond donors (Lipinski definition) is 1. The maximum Gasteiger partial charge on any atom is 0.241 e. The van der Waals surface area contributed by atoms with Crippen LogP contribution >= 0.6 is 0 Å². The first-order valence-corrected chi connectivity index (χ1v) is 6.08. The molecule has 0 aliphatic rings. The Kier molecular flexibility index (Phi) is 6.00. The standard InChI is InChI=1S/C14H19N3O2/c1-11(17(2)8-9-19-3)14(18)16-13-6-4-12(10-15)5-7-13/h4-7,11H,8-9H2,1-3H3,(H,16,18).